The van der Waals surface area contributed by atoms with Crippen molar-refractivity contribution in [2.45, 2.75) is 74.6 Å². The fraction of sp³-hybridized carbons (Fsp3) is 0.361. The van der Waals surface area contributed by atoms with Gasteiger partial charge in [0, 0.05) is 0 Å². The lowest BCUT2D eigenvalue weighted by molar-refractivity contribution is -0.128. The van der Waals surface area contributed by atoms with Crippen molar-refractivity contribution < 1.29 is 23.7 Å². The summed E-state index contributed by atoms with van der Waals surface area (Å²) in [7, 11) is -0.852. The number of ether oxygens (including phenoxy) is 3. The van der Waals surface area contributed by atoms with Gasteiger partial charge >= 0.3 is 0 Å². The lowest BCUT2D eigenvalue weighted by Gasteiger charge is -2.42. The summed E-state index contributed by atoms with van der Waals surface area (Å²) in [6, 6.07) is 27.9. The molecule has 3 heterocycles. The number of imidazole rings is 1. The van der Waals surface area contributed by atoms with Crippen molar-refractivity contribution in [2.24, 2.45) is 0 Å². The molecule has 2 unspecified atom stereocenters. The minimum Gasteiger partial charge on any atom is -0.497 e. The van der Waals surface area contributed by atoms with E-state index in [1.54, 1.807) is 18.0 Å². The van der Waals surface area contributed by atoms with Gasteiger partial charge in [-0.25, -0.2) is 4.98 Å². The highest BCUT2D eigenvalue weighted by atomic mass is 35.5. The van der Waals surface area contributed by atoms with Crippen molar-refractivity contribution in [3.8, 4) is 5.75 Å². The van der Waals surface area contributed by atoms with Gasteiger partial charge < -0.3 is 29.5 Å². The van der Waals surface area contributed by atoms with Crippen LogP contribution >= 0.6 is 11.6 Å². The molecular weight excluding hydrogens is 646 g/mol. The maximum atomic E-state index is 12.8. The summed E-state index contributed by atoms with van der Waals surface area (Å²) in [5, 5.41) is 12.6. The van der Waals surface area contributed by atoms with Gasteiger partial charge in [0.2, 0.25) is 5.28 Å². The Kier molecular flexibility index (Phi) is 7.93. The highest BCUT2D eigenvalue weighted by Crippen LogP contribution is 2.61. The van der Waals surface area contributed by atoms with E-state index in [0.29, 0.717) is 11.2 Å². The van der Waals surface area contributed by atoms with E-state index in [9.17, 15) is 5.11 Å². The number of hydrogen-bond donors (Lipinski definition) is 2. The zero-order chi connectivity index (χ0) is 34.1. The molecule has 0 radical (unpaired) electrons. The number of nitrogen functional groups attached to an aromatic ring is 1. The number of halogens is 1. The zero-order valence-corrected chi connectivity index (χ0v) is 29.5. The van der Waals surface area contributed by atoms with Crippen LogP contribution in [0.15, 0.2) is 91.3 Å². The molecule has 3 N–H and O–H groups in total. The van der Waals surface area contributed by atoms with Gasteiger partial charge in [-0.2, -0.15) is 9.97 Å². The van der Waals surface area contributed by atoms with Crippen LogP contribution in [0.2, 0.25) is 23.4 Å². The summed E-state index contributed by atoms with van der Waals surface area (Å²) in [6.07, 6.45) is -1.52. The van der Waals surface area contributed by atoms with Crippen molar-refractivity contribution in [3.63, 3.8) is 0 Å². The smallest absolute Gasteiger partial charge is 0.226 e. The Bertz CT molecular complexity index is 1900. The Labute approximate surface area is 285 Å². The Hall–Kier alpha value is -3.84. The number of nitrogens with two attached hydrogens (primary N) is 1. The molecule has 0 amide bonds. The first-order valence-electron chi connectivity index (χ1n) is 16.0. The van der Waals surface area contributed by atoms with E-state index in [1.165, 1.54) is 0 Å². The molecule has 1 aliphatic carbocycles. The van der Waals surface area contributed by atoms with Crippen molar-refractivity contribution in [3.05, 3.63) is 113 Å². The molecule has 1 aliphatic heterocycles. The van der Waals surface area contributed by atoms with Gasteiger partial charge in [-0.15, -0.1) is 0 Å². The number of methoxy groups -OCH3 is 1. The topological polar surface area (TPSA) is 127 Å². The minimum absolute atomic E-state index is 0.0123. The van der Waals surface area contributed by atoms with E-state index < -0.39 is 44.1 Å². The summed E-state index contributed by atoms with van der Waals surface area (Å²) in [6.45, 7) is 10.8. The van der Waals surface area contributed by atoms with E-state index in [0.717, 1.165) is 22.4 Å². The summed E-state index contributed by atoms with van der Waals surface area (Å²) >= 11 is 6.23. The molecule has 2 fully saturated rings. The first-order chi connectivity index (χ1) is 22.8. The minimum atomic E-state index is -2.49. The van der Waals surface area contributed by atoms with Crippen LogP contribution in [-0.4, -0.2) is 64.0 Å². The monoisotopic (exact) mass is 685 g/mol. The number of anilines is 1. The summed E-state index contributed by atoms with van der Waals surface area (Å²) in [5.41, 5.74) is 6.97. The van der Waals surface area contributed by atoms with Crippen molar-refractivity contribution >= 4 is 36.9 Å². The van der Waals surface area contributed by atoms with E-state index in [1.807, 2.05) is 84.9 Å². The van der Waals surface area contributed by atoms with Crippen LogP contribution in [0.1, 0.15) is 43.7 Å². The summed E-state index contributed by atoms with van der Waals surface area (Å²) < 4.78 is 28.3. The number of rotatable bonds is 9. The number of nitrogens with zero attached hydrogens (tertiary/aromatic N) is 4. The molecule has 5 aromatic rings. The predicted octanol–water partition coefficient (Wildman–Crippen LogP) is 6.48. The van der Waals surface area contributed by atoms with Crippen LogP contribution in [0.5, 0.6) is 5.75 Å². The second kappa shape index (κ2) is 11.6. The number of hydrogen-bond acceptors (Lipinski definition) is 9. The van der Waals surface area contributed by atoms with E-state index in [4.69, 9.17) is 36.0 Å². The first-order valence-corrected chi connectivity index (χ1v) is 19.2. The third-order valence-corrected chi connectivity index (χ3v) is 14.8. The molecule has 2 aliphatic rings. The van der Waals surface area contributed by atoms with Crippen LogP contribution in [0.3, 0.4) is 0 Å². The van der Waals surface area contributed by atoms with Gasteiger partial charge in [0.1, 0.15) is 35.2 Å². The lowest BCUT2D eigenvalue weighted by atomic mass is 9.80. The zero-order valence-electron chi connectivity index (χ0n) is 27.8. The number of benzene rings is 3. The Morgan fingerprint density at radius 3 is 2.04 bits per heavy atom. The Morgan fingerprint density at radius 1 is 0.896 bits per heavy atom. The SMILES string of the molecule is COc1ccc(C(OC2[C@H]3O[C@@H](n4cnc5c(N)nc(Cl)nc54)C(O[Si](C)(C)C(C)(C)C)[C@]23O)(c2ccccc2)c2ccccc2)cc1. The Balaban J connectivity index is 1.36. The van der Waals surface area contributed by atoms with Crippen LogP contribution in [-0.2, 0) is 19.5 Å². The molecule has 1 saturated carbocycles. The molecule has 10 nitrogen and oxygen atoms in total. The van der Waals surface area contributed by atoms with Crippen LogP contribution in [0, 0.1) is 0 Å². The maximum Gasteiger partial charge on any atom is 0.226 e. The fourth-order valence-corrected chi connectivity index (χ4v) is 7.93. The molecule has 0 spiro atoms. The van der Waals surface area contributed by atoms with Gasteiger partial charge in [0.25, 0.3) is 0 Å². The largest absolute Gasteiger partial charge is 0.497 e. The lowest BCUT2D eigenvalue weighted by Crippen LogP contribution is -2.51. The standard InChI is InChI=1S/C36H40ClN5O5Si/c1-34(2,3)48(5,6)47-29-32(42-21-39-26-30(38)40-33(37)41-31(26)42)45-27-28(35(27,29)43)46-36(22-13-9-7-10-14-22,23-15-11-8-12-16-23)24-17-19-25(44-4)20-18-24/h7-21,27-29,32,43H,1-6H3,(H2,38,40,41)/t27-,28?,29?,32-,35-/m1/s1. The van der Waals surface area contributed by atoms with Gasteiger partial charge in [-0.1, -0.05) is 93.6 Å². The summed E-state index contributed by atoms with van der Waals surface area (Å²) in [5.74, 6) is 0.880. The third-order valence-electron chi connectivity index (χ3n) is 10.2. The van der Waals surface area contributed by atoms with E-state index in [-0.39, 0.29) is 16.1 Å². The molecule has 5 atom stereocenters. The molecular formula is C36H40ClN5O5Si. The second-order valence-corrected chi connectivity index (χ2v) is 19.1. The molecule has 48 heavy (non-hydrogen) atoms. The first kappa shape index (κ1) is 32.7. The van der Waals surface area contributed by atoms with Crippen molar-refractivity contribution in [1.29, 1.82) is 0 Å². The second-order valence-electron chi connectivity index (χ2n) is 14.0. The molecule has 1 saturated heterocycles. The number of fused-ring (bicyclic) bond motifs is 2. The van der Waals surface area contributed by atoms with Gasteiger partial charge in [-0.3, -0.25) is 4.57 Å². The fourth-order valence-electron chi connectivity index (χ4n) is 6.46. The van der Waals surface area contributed by atoms with Crippen molar-refractivity contribution in [1.82, 2.24) is 19.5 Å². The highest BCUT2D eigenvalue weighted by molar-refractivity contribution is 6.74. The third kappa shape index (κ3) is 5.11. The normalized spacial score (nSPS) is 24.1. The molecule has 3 aromatic carbocycles. The molecule has 250 valence electrons. The van der Waals surface area contributed by atoms with Crippen LogP contribution in [0.25, 0.3) is 11.2 Å². The Morgan fingerprint density at radius 2 is 1.48 bits per heavy atom. The van der Waals surface area contributed by atoms with E-state index in [2.05, 4.69) is 48.8 Å². The van der Waals surface area contributed by atoms with E-state index >= 15 is 0 Å². The molecule has 0 bridgehead atoms. The quantitative estimate of drug-likeness (QED) is 0.102. The van der Waals surface area contributed by atoms with Crippen molar-refractivity contribution in [2.75, 3.05) is 12.8 Å². The van der Waals surface area contributed by atoms with Gasteiger partial charge in [-0.05, 0) is 58.6 Å². The van der Waals surface area contributed by atoms with Gasteiger partial charge in [0.15, 0.2) is 31.6 Å². The number of aliphatic hydroxyl groups is 1. The average Bonchev–Trinajstić information content (AvgIpc) is 3.29. The molecule has 2 aromatic heterocycles. The maximum absolute atomic E-state index is 12.8. The van der Waals surface area contributed by atoms with Crippen LogP contribution < -0.4 is 10.5 Å². The molecule has 12 heteroatoms. The highest BCUT2D eigenvalue weighted by Gasteiger charge is 2.80. The summed E-state index contributed by atoms with van der Waals surface area (Å²) in [4.78, 5) is 12.9. The predicted molar refractivity (Wildman–Crippen MR) is 186 cm³/mol. The average molecular weight is 686 g/mol. The molecule has 7 rings (SSSR count). The van der Waals surface area contributed by atoms with Crippen LogP contribution in [0.4, 0.5) is 5.82 Å². The number of aromatic nitrogens is 4. The van der Waals surface area contributed by atoms with Gasteiger partial charge in [0.05, 0.1) is 13.4 Å².